The van der Waals surface area contributed by atoms with Gasteiger partial charge in [0.05, 0.1) is 6.54 Å². The van der Waals surface area contributed by atoms with E-state index in [1.807, 2.05) is 60.7 Å². The van der Waals surface area contributed by atoms with Crippen LogP contribution in [0.25, 0.3) is 11.0 Å². The third kappa shape index (κ3) is 3.12. The number of aromatic nitrogens is 5. The van der Waals surface area contributed by atoms with Crippen molar-refractivity contribution in [3.63, 3.8) is 0 Å². The predicted octanol–water partition coefficient (Wildman–Crippen LogP) is 2.17. The first-order chi connectivity index (χ1) is 12.3. The molecule has 0 bridgehead atoms. The number of anilines is 1. The summed E-state index contributed by atoms with van der Waals surface area (Å²) in [5.41, 5.74) is 2.72. The average molecular weight is 332 g/mol. The van der Waals surface area contributed by atoms with Crippen LogP contribution in [0.15, 0.2) is 65.5 Å². The monoisotopic (exact) mass is 332 g/mol. The van der Waals surface area contributed by atoms with E-state index in [4.69, 9.17) is 0 Å². The molecule has 0 aliphatic carbocycles. The molecule has 2 aromatic heterocycles. The number of fused-ring (bicyclic) bond motifs is 1. The zero-order valence-electron chi connectivity index (χ0n) is 13.4. The zero-order valence-corrected chi connectivity index (χ0v) is 13.4. The van der Waals surface area contributed by atoms with Crippen LogP contribution in [-0.4, -0.2) is 25.2 Å². The van der Waals surface area contributed by atoms with Crippen molar-refractivity contribution < 1.29 is 0 Å². The fourth-order valence-electron chi connectivity index (χ4n) is 2.68. The van der Waals surface area contributed by atoms with Crippen molar-refractivity contribution in [3.8, 4) is 0 Å². The van der Waals surface area contributed by atoms with Crippen molar-refractivity contribution in [1.29, 1.82) is 0 Å². The van der Waals surface area contributed by atoms with E-state index in [9.17, 15) is 4.79 Å². The summed E-state index contributed by atoms with van der Waals surface area (Å²) in [5.74, 6) is 0.555. The predicted molar refractivity (Wildman–Crippen MR) is 95.3 cm³/mol. The second-order valence-corrected chi connectivity index (χ2v) is 5.67. The molecule has 0 aliphatic rings. The zero-order chi connectivity index (χ0) is 17.1. The van der Waals surface area contributed by atoms with Crippen molar-refractivity contribution >= 4 is 16.9 Å². The average Bonchev–Trinajstić information content (AvgIpc) is 3.08. The fourth-order valence-corrected chi connectivity index (χ4v) is 2.68. The van der Waals surface area contributed by atoms with Gasteiger partial charge < -0.3 is 5.32 Å². The fraction of sp³-hybridized carbons (Fsp3) is 0.111. The molecule has 4 aromatic rings. The van der Waals surface area contributed by atoms with Gasteiger partial charge in [-0.2, -0.15) is 5.10 Å². The molecular weight excluding hydrogens is 316 g/mol. The van der Waals surface area contributed by atoms with Gasteiger partial charge in [0.25, 0.3) is 5.56 Å². The number of hydrogen-bond donors (Lipinski definition) is 2. The normalized spacial score (nSPS) is 10.9. The van der Waals surface area contributed by atoms with E-state index >= 15 is 0 Å². The maximum Gasteiger partial charge on any atom is 0.294 e. The molecule has 2 N–H and O–H groups in total. The minimum atomic E-state index is -0.348. The summed E-state index contributed by atoms with van der Waals surface area (Å²) in [6.45, 7) is 1.11. The van der Waals surface area contributed by atoms with Crippen molar-refractivity contribution in [3.05, 3.63) is 82.1 Å². The number of benzene rings is 2. The lowest BCUT2D eigenvalue weighted by atomic mass is 10.2. The molecule has 25 heavy (non-hydrogen) atoms. The number of aromatic amines is 1. The van der Waals surface area contributed by atoms with Crippen LogP contribution in [0.3, 0.4) is 0 Å². The molecule has 0 spiro atoms. The summed E-state index contributed by atoms with van der Waals surface area (Å²) >= 11 is 0. The number of nitrogens with zero attached hydrogens (tertiary/aromatic N) is 4. The van der Waals surface area contributed by atoms with Crippen LogP contribution >= 0.6 is 0 Å². The molecule has 0 fully saturated rings. The van der Waals surface area contributed by atoms with E-state index in [0.29, 0.717) is 24.4 Å². The molecule has 2 aromatic carbocycles. The van der Waals surface area contributed by atoms with Crippen LogP contribution < -0.4 is 10.9 Å². The Hall–Kier alpha value is -3.48. The molecule has 0 atom stereocenters. The Morgan fingerprint density at radius 1 is 0.960 bits per heavy atom. The van der Waals surface area contributed by atoms with Gasteiger partial charge in [-0.15, -0.1) is 5.10 Å². The van der Waals surface area contributed by atoms with Gasteiger partial charge in [-0.1, -0.05) is 65.9 Å². The first-order valence-electron chi connectivity index (χ1n) is 7.95. The number of nitrogens with one attached hydrogen (secondary N) is 2. The number of hydrogen-bond acceptors (Lipinski definition) is 5. The highest BCUT2D eigenvalue weighted by atomic mass is 16.1. The van der Waals surface area contributed by atoms with Gasteiger partial charge in [0.1, 0.15) is 5.52 Å². The Balaban J connectivity index is 1.70. The molecule has 0 saturated heterocycles. The molecule has 7 heteroatoms. The highest BCUT2D eigenvalue weighted by Crippen LogP contribution is 2.17. The molecule has 4 rings (SSSR count). The van der Waals surface area contributed by atoms with E-state index in [1.165, 1.54) is 0 Å². The lowest BCUT2D eigenvalue weighted by Crippen LogP contribution is -2.14. The Labute approximate surface area is 143 Å². The molecule has 7 nitrogen and oxygen atoms in total. The Bertz CT molecular complexity index is 1040. The Morgan fingerprint density at radius 2 is 1.64 bits per heavy atom. The van der Waals surface area contributed by atoms with Crippen LogP contribution in [0.4, 0.5) is 5.82 Å². The summed E-state index contributed by atoms with van der Waals surface area (Å²) in [6.07, 6.45) is 0. The number of H-pyrrole nitrogens is 1. The number of rotatable bonds is 5. The second-order valence-electron chi connectivity index (χ2n) is 5.67. The Morgan fingerprint density at radius 3 is 2.36 bits per heavy atom. The van der Waals surface area contributed by atoms with Crippen LogP contribution in [0.1, 0.15) is 11.1 Å². The van der Waals surface area contributed by atoms with Crippen molar-refractivity contribution in [2.24, 2.45) is 0 Å². The first-order valence-corrected chi connectivity index (χ1v) is 7.95. The smallest absolute Gasteiger partial charge is 0.294 e. The molecule has 0 amide bonds. The van der Waals surface area contributed by atoms with Crippen LogP contribution in [0.2, 0.25) is 0 Å². The quantitative estimate of drug-likeness (QED) is 0.585. The topological polar surface area (TPSA) is 88.5 Å². The summed E-state index contributed by atoms with van der Waals surface area (Å²) in [5, 5.41) is 18.0. The van der Waals surface area contributed by atoms with Gasteiger partial charge in [-0.25, -0.2) is 9.78 Å². The van der Waals surface area contributed by atoms with Gasteiger partial charge in [0.15, 0.2) is 11.3 Å². The standard InChI is InChI=1S/C18H16N6O/c25-18-15-16(24(23-20-15)12-14-9-5-2-6-10-14)17(21-22-18)19-11-13-7-3-1-4-8-13/h1-10H,11-12H2,(H,19,21)(H,22,25). The highest BCUT2D eigenvalue weighted by molar-refractivity contribution is 5.84. The van der Waals surface area contributed by atoms with Crippen LogP contribution in [0, 0.1) is 0 Å². The van der Waals surface area contributed by atoms with Gasteiger partial charge in [-0.3, -0.25) is 4.79 Å². The second kappa shape index (κ2) is 6.56. The van der Waals surface area contributed by atoms with Gasteiger partial charge in [-0.05, 0) is 11.1 Å². The van der Waals surface area contributed by atoms with E-state index in [1.54, 1.807) is 4.68 Å². The Kier molecular flexibility index (Phi) is 3.96. The lowest BCUT2D eigenvalue weighted by molar-refractivity contribution is 0.669. The van der Waals surface area contributed by atoms with Crippen molar-refractivity contribution in [1.82, 2.24) is 25.2 Å². The summed E-state index contributed by atoms with van der Waals surface area (Å²) in [6, 6.07) is 19.9. The van der Waals surface area contributed by atoms with E-state index in [-0.39, 0.29) is 11.1 Å². The van der Waals surface area contributed by atoms with E-state index < -0.39 is 0 Å². The SMILES string of the molecule is O=c1[nH]nc(NCc2ccccc2)c2c1nnn2Cc1ccccc1. The van der Waals surface area contributed by atoms with Crippen molar-refractivity contribution in [2.45, 2.75) is 13.1 Å². The van der Waals surface area contributed by atoms with Gasteiger partial charge in [0, 0.05) is 6.54 Å². The third-order valence-corrected chi connectivity index (χ3v) is 3.92. The van der Waals surface area contributed by atoms with Crippen LogP contribution in [-0.2, 0) is 13.1 Å². The van der Waals surface area contributed by atoms with Gasteiger partial charge in [0.2, 0.25) is 0 Å². The molecular formula is C18H16N6O. The van der Waals surface area contributed by atoms with E-state index in [0.717, 1.165) is 11.1 Å². The third-order valence-electron chi connectivity index (χ3n) is 3.92. The summed E-state index contributed by atoms with van der Waals surface area (Å²) < 4.78 is 1.69. The molecule has 0 radical (unpaired) electrons. The minimum Gasteiger partial charge on any atom is -0.363 e. The maximum absolute atomic E-state index is 12.0. The highest BCUT2D eigenvalue weighted by Gasteiger charge is 2.15. The van der Waals surface area contributed by atoms with Crippen LogP contribution in [0.5, 0.6) is 0 Å². The largest absolute Gasteiger partial charge is 0.363 e. The summed E-state index contributed by atoms with van der Waals surface area (Å²) in [7, 11) is 0. The maximum atomic E-state index is 12.0. The summed E-state index contributed by atoms with van der Waals surface area (Å²) in [4.78, 5) is 12.0. The van der Waals surface area contributed by atoms with Crippen molar-refractivity contribution in [2.75, 3.05) is 5.32 Å². The lowest BCUT2D eigenvalue weighted by Gasteiger charge is -2.08. The minimum absolute atomic E-state index is 0.279. The molecule has 2 heterocycles. The molecule has 0 unspecified atom stereocenters. The van der Waals surface area contributed by atoms with E-state index in [2.05, 4.69) is 25.8 Å². The molecule has 0 aliphatic heterocycles. The van der Waals surface area contributed by atoms with Gasteiger partial charge >= 0.3 is 0 Å². The molecule has 124 valence electrons. The molecule has 0 saturated carbocycles. The first kappa shape index (κ1) is 15.1.